The van der Waals surface area contributed by atoms with Crippen LogP contribution in [0.1, 0.15) is 46.0 Å². The number of urea groups is 1. The van der Waals surface area contributed by atoms with Crippen molar-refractivity contribution in [2.24, 2.45) is 5.92 Å². The van der Waals surface area contributed by atoms with Gasteiger partial charge in [0.1, 0.15) is 0 Å². The molecule has 2 amide bonds. The van der Waals surface area contributed by atoms with Gasteiger partial charge in [-0.3, -0.25) is 0 Å². The molecule has 18 heavy (non-hydrogen) atoms. The summed E-state index contributed by atoms with van der Waals surface area (Å²) in [6, 6.07) is 1.07. The zero-order chi connectivity index (χ0) is 13.0. The average molecular weight is 253 g/mol. The Labute approximate surface area is 110 Å². The van der Waals surface area contributed by atoms with Crippen molar-refractivity contribution in [2.45, 2.75) is 58.0 Å². The van der Waals surface area contributed by atoms with Gasteiger partial charge in [-0.2, -0.15) is 0 Å². The van der Waals surface area contributed by atoms with Crippen LogP contribution in [-0.4, -0.2) is 42.6 Å². The van der Waals surface area contributed by atoms with Gasteiger partial charge in [0.2, 0.25) is 0 Å². The lowest BCUT2D eigenvalue weighted by Gasteiger charge is -2.32. The monoisotopic (exact) mass is 253 g/mol. The van der Waals surface area contributed by atoms with Crippen LogP contribution < -0.4 is 10.6 Å². The van der Waals surface area contributed by atoms with E-state index < -0.39 is 0 Å². The number of nitrogens with one attached hydrogen (secondary N) is 2. The minimum Gasteiger partial charge on any atom is -0.335 e. The number of amides is 2. The molecule has 1 unspecified atom stereocenters. The van der Waals surface area contributed by atoms with E-state index in [9.17, 15) is 4.79 Å². The molecule has 1 atom stereocenters. The molecule has 1 aliphatic heterocycles. The lowest BCUT2D eigenvalue weighted by atomic mass is 9.93. The Kier molecular flexibility index (Phi) is 4.87. The molecule has 0 aromatic carbocycles. The Morgan fingerprint density at radius 2 is 2.11 bits per heavy atom. The number of nitrogens with zero attached hydrogens (tertiary/aromatic N) is 1. The van der Waals surface area contributed by atoms with Gasteiger partial charge in [-0.15, -0.1) is 0 Å². The highest BCUT2D eigenvalue weighted by Crippen LogP contribution is 2.18. The van der Waals surface area contributed by atoms with Gasteiger partial charge in [0.15, 0.2) is 0 Å². The fraction of sp³-hybridized carbons (Fsp3) is 0.929. The van der Waals surface area contributed by atoms with E-state index in [0.717, 1.165) is 32.5 Å². The van der Waals surface area contributed by atoms with Crippen LogP contribution >= 0.6 is 0 Å². The maximum Gasteiger partial charge on any atom is 0.317 e. The van der Waals surface area contributed by atoms with Crippen LogP contribution in [0.3, 0.4) is 0 Å². The standard InChI is InChI=1S/C14H27N3O/c1-11(2)9-17(10-13-7-4-8-15-13)14(18)16-12-5-3-6-12/h11-13,15H,3-10H2,1-2H3,(H,16,18). The Morgan fingerprint density at radius 3 is 2.61 bits per heavy atom. The molecule has 4 heteroatoms. The van der Waals surface area contributed by atoms with Crippen LogP contribution in [0.5, 0.6) is 0 Å². The van der Waals surface area contributed by atoms with Crippen LogP contribution in [0, 0.1) is 5.92 Å². The van der Waals surface area contributed by atoms with Gasteiger partial charge in [-0.1, -0.05) is 13.8 Å². The molecule has 1 heterocycles. The zero-order valence-electron chi connectivity index (χ0n) is 11.7. The van der Waals surface area contributed by atoms with Crippen LogP contribution in [0.4, 0.5) is 4.79 Å². The summed E-state index contributed by atoms with van der Waals surface area (Å²) in [5.74, 6) is 0.526. The molecular weight excluding hydrogens is 226 g/mol. The summed E-state index contributed by atoms with van der Waals surface area (Å²) < 4.78 is 0. The summed E-state index contributed by atoms with van der Waals surface area (Å²) in [4.78, 5) is 14.3. The van der Waals surface area contributed by atoms with E-state index in [4.69, 9.17) is 0 Å². The molecule has 1 saturated heterocycles. The van der Waals surface area contributed by atoms with E-state index in [2.05, 4.69) is 24.5 Å². The predicted octanol–water partition coefficient (Wildman–Crippen LogP) is 1.96. The van der Waals surface area contributed by atoms with Gasteiger partial charge in [-0.25, -0.2) is 4.79 Å². The summed E-state index contributed by atoms with van der Waals surface area (Å²) in [5, 5.41) is 6.63. The highest BCUT2D eigenvalue weighted by molar-refractivity contribution is 5.74. The first-order valence-corrected chi connectivity index (χ1v) is 7.44. The quantitative estimate of drug-likeness (QED) is 0.786. The highest BCUT2D eigenvalue weighted by Gasteiger charge is 2.25. The van der Waals surface area contributed by atoms with Gasteiger partial charge >= 0.3 is 6.03 Å². The number of hydrogen-bond acceptors (Lipinski definition) is 2. The normalized spacial score (nSPS) is 24.1. The topological polar surface area (TPSA) is 44.4 Å². The fourth-order valence-corrected chi connectivity index (χ4v) is 2.68. The Hall–Kier alpha value is -0.770. The van der Waals surface area contributed by atoms with Crippen molar-refractivity contribution in [3.63, 3.8) is 0 Å². The largest absolute Gasteiger partial charge is 0.335 e. The highest BCUT2D eigenvalue weighted by atomic mass is 16.2. The summed E-state index contributed by atoms with van der Waals surface area (Å²) in [6.45, 7) is 7.16. The average Bonchev–Trinajstić information content (AvgIpc) is 2.74. The first-order chi connectivity index (χ1) is 8.65. The van der Waals surface area contributed by atoms with Crippen molar-refractivity contribution in [1.82, 2.24) is 15.5 Å². The second-order valence-corrected chi connectivity index (χ2v) is 6.17. The third-order valence-corrected chi connectivity index (χ3v) is 3.91. The van der Waals surface area contributed by atoms with Gasteiger partial charge < -0.3 is 15.5 Å². The van der Waals surface area contributed by atoms with Crippen molar-refractivity contribution in [2.75, 3.05) is 19.6 Å². The molecule has 1 saturated carbocycles. The number of hydrogen-bond donors (Lipinski definition) is 2. The van der Waals surface area contributed by atoms with E-state index in [-0.39, 0.29) is 6.03 Å². The van der Waals surface area contributed by atoms with E-state index in [1.165, 1.54) is 19.3 Å². The third kappa shape index (κ3) is 3.87. The molecule has 2 aliphatic rings. The Balaban J connectivity index is 1.83. The maximum absolute atomic E-state index is 12.3. The molecule has 2 fully saturated rings. The number of carbonyl (C=O) groups is 1. The summed E-state index contributed by atoms with van der Waals surface area (Å²) in [5.41, 5.74) is 0. The first kappa shape index (κ1) is 13.7. The van der Waals surface area contributed by atoms with Gasteiger partial charge in [0.05, 0.1) is 0 Å². The Morgan fingerprint density at radius 1 is 1.33 bits per heavy atom. The second kappa shape index (κ2) is 6.41. The van der Waals surface area contributed by atoms with Gasteiger partial charge in [0, 0.05) is 25.2 Å². The minimum atomic E-state index is 0.141. The Bertz CT molecular complexity index is 270. The summed E-state index contributed by atoms with van der Waals surface area (Å²) >= 11 is 0. The van der Waals surface area contributed by atoms with E-state index in [1.54, 1.807) is 0 Å². The van der Waals surface area contributed by atoms with Crippen molar-refractivity contribution in [1.29, 1.82) is 0 Å². The van der Waals surface area contributed by atoms with Crippen molar-refractivity contribution in [3.8, 4) is 0 Å². The smallest absolute Gasteiger partial charge is 0.317 e. The molecule has 104 valence electrons. The van der Waals surface area contributed by atoms with Gasteiger partial charge in [-0.05, 0) is 44.6 Å². The minimum absolute atomic E-state index is 0.141. The number of carbonyl (C=O) groups excluding carboxylic acids is 1. The zero-order valence-corrected chi connectivity index (χ0v) is 11.7. The lowest BCUT2D eigenvalue weighted by Crippen LogP contribution is -2.51. The van der Waals surface area contributed by atoms with Crippen LogP contribution in [0.25, 0.3) is 0 Å². The SMILES string of the molecule is CC(C)CN(CC1CCCN1)C(=O)NC1CCC1. The summed E-state index contributed by atoms with van der Waals surface area (Å²) in [6.07, 6.45) is 6.01. The molecule has 0 bridgehead atoms. The van der Waals surface area contributed by atoms with E-state index in [0.29, 0.717) is 18.0 Å². The molecule has 4 nitrogen and oxygen atoms in total. The molecule has 2 rings (SSSR count). The fourth-order valence-electron chi connectivity index (χ4n) is 2.68. The van der Waals surface area contributed by atoms with Crippen molar-refractivity contribution < 1.29 is 4.79 Å². The molecule has 0 aromatic heterocycles. The molecule has 1 aliphatic carbocycles. The molecule has 0 spiro atoms. The van der Waals surface area contributed by atoms with Crippen LogP contribution in [0.15, 0.2) is 0 Å². The van der Waals surface area contributed by atoms with Crippen LogP contribution in [-0.2, 0) is 0 Å². The van der Waals surface area contributed by atoms with Crippen LogP contribution in [0.2, 0.25) is 0 Å². The van der Waals surface area contributed by atoms with Crippen molar-refractivity contribution >= 4 is 6.03 Å². The molecule has 0 radical (unpaired) electrons. The van der Waals surface area contributed by atoms with Crippen molar-refractivity contribution in [3.05, 3.63) is 0 Å². The maximum atomic E-state index is 12.3. The molecular formula is C14H27N3O. The van der Waals surface area contributed by atoms with E-state index >= 15 is 0 Å². The van der Waals surface area contributed by atoms with Gasteiger partial charge in [0.25, 0.3) is 0 Å². The molecule has 0 aromatic rings. The molecule has 2 N–H and O–H groups in total. The number of rotatable bonds is 5. The first-order valence-electron chi connectivity index (χ1n) is 7.44. The second-order valence-electron chi connectivity index (χ2n) is 6.17. The van der Waals surface area contributed by atoms with E-state index in [1.807, 2.05) is 4.90 Å². The predicted molar refractivity (Wildman–Crippen MR) is 73.6 cm³/mol. The third-order valence-electron chi connectivity index (χ3n) is 3.91. The lowest BCUT2D eigenvalue weighted by molar-refractivity contribution is 0.174. The summed E-state index contributed by atoms with van der Waals surface area (Å²) in [7, 11) is 0.